The number of fused-ring (bicyclic) bond motifs is 1. The van der Waals surface area contributed by atoms with Crippen LogP contribution >= 0.6 is 11.6 Å². The molecule has 1 amide bonds. The van der Waals surface area contributed by atoms with E-state index in [9.17, 15) is 19.7 Å². The number of carbonyl (C=O) groups is 2. The smallest absolute Gasteiger partial charge is 0.339 e. The standard InChI is InChI=1S/C20H15ClN2O5/c1-12(28-20(25)14-9-10-16(21)18(11-14)23(26)27)19(24)22-17-8-4-6-13-5-2-3-7-15(13)17/h2-12H,1H3,(H,22,24)/t12-/m1/s1. The van der Waals surface area contributed by atoms with Gasteiger partial charge in [-0.25, -0.2) is 4.79 Å². The van der Waals surface area contributed by atoms with Crippen molar-refractivity contribution in [1.29, 1.82) is 0 Å². The summed E-state index contributed by atoms with van der Waals surface area (Å²) in [6.07, 6.45) is -1.11. The van der Waals surface area contributed by atoms with Crippen molar-refractivity contribution in [2.75, 3.05) is 5.32 Å². The first-order valence-corrected chi connectivity index (χ1v) is 8.68. The predicted molar refractivity (Wildman–Crippen MR) is 106 cm³/mol. The fourth-order valence-corrected chi connectivity index (χ4v) is 2.82. The first-order chi connectivity index (χ1) is 13.4. The largest absolute Gasteiger partial charge is 0.449 e. The highest BCUT2D eigenvalue weighted by Gasteiger charge is 2.22. The van der Waals surface area contributed by atoms with Crippen LogP contribution in [0.1, 0.15) is 17.3 Å². The summed E-state index contributed by atoms with van der Waals surface area (Å²) in [5.74, 6) is -1.38. The molecule has 1 N–H and O–H groups in total. The van der Waals surface area contributed by atoms with Crippen molar-refractivity contribution >= 4 is 45.6 Å². The minimum Gasteiger partial charge on any atom is -0.449 e. The monoisotopic (exact) mass is 398 g/mol. The van der Waals surface area contributed by atoms with Crippen LogP contribution in [0.25, 0.3) is 10.8 Å². The molecule has 142 valence electrons. The maximum atomic E-state index is 12.4. The number of nitro groups is 1. The van der Waals surface area contributed by atoms with Gasteiger partial charge in [-0.05, 0) is 30.5 Å². The first-order valence-electron chi connectivity index (χ1n) is 8.30. The van der Waals surface area contributed by atoms with Crippen molar-refractivity contribution in [2.45, 2.75) is 13.0 Å². The molecule has 0 bridgehead atoms. The molecule has 7 nitrogen and oxygen atoms in total. The van der Waals surface area contributed by atoms with Crippen LogP contribution in [0.5, 0.6) is 0 Å². The van der Waals surface area contributed by atoms with E-state index >= 15 is 0 Å². The number of ether oxygens (including phenoxy) is 1. The van der Waals surface area contributed by atoms with Gasteiger partial charge in [0.25, 0.3) is 11.6 Å². The SMILES string of the molecule is C[C@@H](OC(=O)c1ccc(Cl)c([N+](=O)[O-])c1)C(=O)Nc1cccc2ccccc12. The minimum absolute atomic E-state index is 0.0686. The minimum atomic E-state index is -1.11. The van der Waals surface area contributed by atoms with E-state index in [0.717, 1.165) is 16.8 Å². The summed E-state index contributed by atoms with van der Waals surface area (Å²) in [4.78, 5) is 34.9. The van der Waals surface area contributed by atoms with Crippen LogP contribution in [0.3, 0.4) is 0 Å². The van der Waals surface area contributed by atoms with Crippen molar-refractivity contribution in [2.24, 2.45) is 0 Å². The van der Waals surface area contributed by atoms with Crippen LogP contribution in [-0.4, -0.2) is 22.9 Å². The molecule has 0 aliphatic rings. The lowest BCUT2D eigenvalue weighted by Gasteiger charge is -2.15. The van der Waals surface area contributed by atoms with Gasteiger partial charge in [0, 0.05) is 17.1 Å². The average molecular weight is 399 g/mol. The van der Waals surface area contributed by atoms with Gasteiger partial charge in [-0.15, -0.1) is 0 Å². The molecule has 0 radical (unpaired) electrons. The van der Waals surface area contributed by atoms with Gasteiger partial charge in [0.2, 0.25) is 0 Å². The molecule has 0 spiro atoms. The fraction of sp³-hybridized carbons (Fsp3) is 0.100. The summed E-state index contributed by atoms with van der Waals surface area (Å²) >= 11 is 5.73. The molecular weight excluding hydrogens is 384 g/mol. The van der Waals surface area contributed by atoms with Crippen LogP contribution in [-0.2, 0) is 9.53 Å². The number of esters is 1. The number of carbonyl (C=O) groups excluding carboxylic acids is 2. The first kappa shape index (κ1) is 19.3. The van der Waals surface area contributed by atoms with E-state index in [-0.39, 0.29) is 10.6 Å². The summed E-state index contributed by atoms with van der Waals surface area (Å²) in [6.45, 7) is 1.42. The second-order valence-corrected chi connectivity index (χ2v) is 6.39. The van der Waals surface area contributed by atoms with E-state index in [2.05, 4.69) is 5.32 Å². The number of hydrogen-bond donors (Lipinski definition) is 1. The molecule has 28 heavy (non-hydrogen) atoms. The molecule has 1 atom stereocenters. The lowest BCUT2D eigenvalue weighted by molar-refractivity contribution is -0.384. The van der Waals surface area contributed by atoms with E-state index in [1.54, 1.807) is 6.07 Å². The van der Waals surface area contributed by atoms with Crippen molar-refractivity contribution in [3.05, 3.63) is 81.4 Å². The van der Waals surface area contributed by atoms with Gasteiger partial charge in [0.15, 0.2) is 6.10 Å². The van der Waals surface area contributed by atoms with E-state index in [0.29, 0.717) is 5.69 Å². The lowest BCUT2D eigenvalue weighted by atomic mass is 10.1. The third-order valence-electron chi connectivity index (χ3n) is 4.08. The summed E-state index contributed by atoms with van der Waals surface area (Å²) < 4.78 is 5.14. The molecule has 3 aromatic carbocycles. The molecule has 8 heteroatoms. The Balaban J connectivity index is 1.73. The molecule has 3 rings (SSSR count). The average Bonchev–Trinajstić information content (AvgIpc) is 2.68. The van der Waals surface area contributed by atoms with Gasteiger partial charge in [0.05, 0.1) is 10.5 Å². The second kappa shape index (κ2) is 8.06. The molecule has 0 fully saturated rings. The van der Waals surface area contributed by atoms with Crippen LogP contribution < -0.4 is 5.32 Å². The lowest BCUT2D eigenvalue weighted by Crippen LogP contribution is -2.30. The summed E-state index contributed by atoms with van der Waals surface area (Å²) in [6, 6.07) is 16.6. The highest BCUT2D eigenvalue weighted by atomic mass is 35.5. The zero-order valence-electron chi connectivity index (χ0n) is 14.7. The summed E-state index contributed by atoms with van der Waals surface area (Å²) in [5.41, 5.74) is 0.109. The van der Waals surface area contributed by atoms with Crippen LogP contribution in [0.2, 0.25) is 5.02 Å². The number of halogens is 1. The van der Waals surface area contributed by atoms with Crippen LogP contribution in [0.15, 0.2) is 60.7 Å². The normalized spacial score (nSPS) is 11.6. The van der Waals surface area contributed by atoms with Crippen molar-refractivity contribution in [3.63, 3.8) is 0 Å². The van der Waals surface area contributed by atoms with Crippen molar-refractivity contribution in [3.8, 4) is 0 Å². The molecule has 0 aromatic heterocycles. The Morgan fingerprint density at radius 1 is 1.11 bits per heavy atom. The number of nitro benzene ring substituents is 1. The Morgan fingerprint density at radius 2 is 1.82 bits per heavy atom. The molecule has 0 saturated carbocycles. The Morgan fingerprint density at radius 3 is 2.57 bits per heavy atom. The van der Waals surface area contributed by atoms with Gasteiger partial charge in [-0.2, -0.15) is 0 Å². The number of nitrogens with one attached hydrogen (secondary N) is 1. The maximum absolute atomic E-state index is 12.4. The zero-order chi connectivity index (χ0) is 20.3. The third kappa shape index (κ3) is 4.10. The van der Waals surface area contributed by atoms with Gasteiger partial charge in [-0.1, -0.05) is 48.0 Å². The van der Waals surface area contributed by atoms with Gasteiger partial charge < -0.3 is 10.1 Å². The molecule has 0 heterocycles. The Bertz CT molecular complexity index is 1080. The van der Waals surface area contributed by atoms with Crippen LogP contribution in [0.4, 0.5) is 11.4 Å². The molecule has 0 unspecified atom stereocenters. The van der Waals surface area contributed by atoms with Crippen molar-refractivity contribution in [1.82, 2.24) is 0 Å². The Hall–Kier alpha value is -3.45. The van der Waals surface area contributed by atoms with Gasteiger partial charge >= 0.3 is 5.97 Å². The summed E-state index contributed by atoms with van der Waals surface area (Å²) in [7, 11) is 0. The van der Waals surface area contributed by atoms with E-state index in [1.165, 1.54) is 19.1 Å². The predicted octanol–water partition coefficient (Wildman–Crippen LogP) is 4.59. The Kier molecular flexibility index (Phi) is 5.56. The molecule has 3 aromatic rings. The van der Waals surface area contributed by atoms with Gasteiger partial charge in [0.1, 0.15) is 5.02 Å². The molecular formula is C20H15ClN2O5. The number of nitrogens with zero attached hydrogens (tertiary/aromatic N) is 1. The number of anilines is 1. The zero-order valence-corrected chi connectivity index (χ0v) is 15.5. The topological polar surface area (TPSA) is 98.5 Å². The number of rotatable bonds is 5. The quantitative estimate of drug-likeness (QED) is 0.385. The van der Waals surface area contributed by atoms with E-state index < -0.39 is 28.6 Å². The fourth-order valence-electron chi connectivity index (χ4n) is 2.63. The van der Waals surface area contributed by atoms with E-state index in [1.807, 2.05) is 36.4 Å². The number of benzene rings is 3. The van der Waals surface area contributed by atoms with Gasteiger partial charge in [-0.3, -0.25) is 14.9 Å². The Labute approximate surface area is 165 Å². The molecule has 0 aliphatic carbocycles. The number of hydrogen-bond acceptors (Lipinski definition) is 5. The second-order valence-electron chi connectivity index (χ2n) is 5.99. The molecule has 0 saturated heterocycles. The third-order valence-corrected chi connectivity index (χ3v) is 4.40. The highest BCUT2D eigenvalue weighted by Crippen LogP contribution is 2.26. The van der Waals surface area contributed by atoms with Crippen LogP contribution in [0, 0.1) is 10.1 Å². The van der Waals surface area contributed by atoms with E-state index in [4.69, 9.17) is 16.3 Å². The maximum Gasteiger partial charge on any atom is 0.339 e. The number of amides is 1. The van der Waals surface area contributed by atoms with Crippen molar-refractivity contribution < 1.29 is 19.2 Å². The molecule has 0 aliphatic heterocycles. The summed E-state index contributed by atoms with van der Waals surface area (Å²) in [5, 5.41) is 15.4. The highest BCUT2D eigenvalue weighted by molar-refractivity contribution is 6.32.